The molecule has 56 heavy (non-hydrogen) atoms. The van der Waals surface area contributed by atoms with Crippen LogP contribution in [-0.2, 0) is 0 Å². The predicted octanol–water partition coefficient (Wildman–Crippen LogP) is 13.4. The topological polar surface area (TPSA) is 30.2 Å². The lowest BCUT2D eigenvalue weighted by Gasteiger charge is -2.48. The number of benzene rings is 4. The third-order valence-corrected chi connectivity index (χ3v) is 17.4. The molecule has 0 aliphatic heterocycles. The predicted molar refractivity (Wildman–Crippen MR) is 227 cm³/mol. The van der Waals surface area contributed by atoms with Gasteiger partial charge in [-0.1, -0.05) is 91.0 Å². The van der Waals surface area contributed by atoms with Crippen molar-refractivity contribution in [1.29, 1.82) is 0 Å². The maximum Gasteiger partial charge on any atom is 0.0728 e. The van der Waals surface area contributed by atoms with Gasteiger partial charge in [0.25, 0.3) is 0 Å². The largest absolute Gasteiger partial charge is 0.305 e. The third-order valence-electron chi connectivity index (χ3n) is 17.4. The Hall–Kier alpha value is -5.02. The van der Waals surface area contributed by atoms with Crippen LogP contribution < -0.4 is 0 Å². The van der Waals surface area contributed by atoms with Gasteiger partial charge >= 0.3 is 0 Å². The van der Waals surface area contributed by atoms with Crippen LogP contribution in [0.15, 0.2) is 103 Å². The summed E-state index contributed by atoms with van der Waals surface area (Å²) in [6.07, 6.45) is 18.3. The molecule has 5 fully saturated rings. The molecular formula is C53H45N3. The first-order chi connectivity index (χ1) is 27.7. The molecule has 7 unspecified atom stereocenters. The Bertz CT molecular complexity index is 2970. The molecule has 4 aromatic carbocycles. The highest BCUT2D eigenvalue weighted by atomic mass is 15.0. The Morgan fingerprint density at radius 2 is 0.929 bits per heavy atom. The van der Waals surface area contributed by atoms with Crippen LogP contribution in [0.3, 0.4) is 0 Å². The second-order valence-corrected chi connectivity index (χ2v) is 19.7. The fourth-order valence-electron chi connectivity index (χ4n) is 15.8. The molecule has 3 nitrogen and oxygen atoms in total. The molecule has 8 aromatic rings. The van der Waals surface area contributed by atoms with Crippen LogP contribution in [0.25, 0.3) is 71.5 Å². The molecule has 0 radical (unpaired) electrons. The Morgan fingerprint density at radius 3 is 1.52 bits per heavy atom. The van der Waals surface area contributed by atoms with E-state index < -0.39 is 0 Å². The molecule has 3 heteroatoms. The van der Waals surface area contributed by atoms with Gasteiger partial charge in [0.05, 0.1) is 28.9 Å². The first-order valence-electron chi connectivity index (χ1n) is 22.0. The average Bonchev–Trinajstić information content (AvgIpc) is 3.88. The van der Waals surface area contributed by atoms with Crippen LogP contribution >= 0.6 is 0 Å². The lowest BCUT2D eigenvalue weighted by Crippen LogP contribution is -2.41. The minimum absolute atomic E-state index is 0.577. The van der Waals surface area contributed by atoms with Crippen LogP contribution in [0.4, 0.5) is 0 Å². The fraction of sp³-hybridized carbons (Fsp3) is 0.358. The summed E-state index contributed by atoms with van der Waals surface area (Å²) in [6.45, 7) is 0. The second kappa shape index (κ2) is 10.3. The van der Waals surface area contributed by atoms with Crippen molar-refractivity contribution >= 4 is 38.1 Å². The van der Waals surface area contributed by atoms with E-state index in [0.29, 0.717) is 29.1 Å². The molecule has 272 valence electrons. The molecule has 8 aliphatic carbocycles. The Balaban J connectivity index is 1.21. The SMILES string of the molecule is c1ccc(-c2c(-c3ccccc3)c3c4c5c(ncc4n4c6cnc7c(c6c(c2-c2ccccc2)c34)C2CC3CC4CC7CC43C2)C2CC3CC(C2)CC5C3)cc1. The highest BCUT2D eigenvalue weighted by Gasteiger charge is 2.66. The Labute approximate surface area is 327 Å². The summed E-state index contributed by atoms with van der Waals surface area (Å²) in [6, 6.07) is 34.4. The molecule has 16 rings (SSSR count). The van der Waals surface area contributed by atoms with Crippen molar-refractivity contribution in [2.75, 3.05) is 0 Å². The number of hydrogen-bond donors (Lipinski definition) is 0. The van der Waals surface area contributed by atoms with Gasteiger partial charge in [-0.15, -0.1) is 0 Å². The molecule has 7 bridgehead atoms. The Kier molecular flexibility index (Phi) is 5.54. The molecular weight excluding hydrogens is 679 g/mol. The van der Waals surface area contributed by atoms with E-state index in [4.69, 9.17) is 9.97 Å². The molecule has 8 aliphatic rings. The van der Waals surface area contributed by atoms with Gasteiger partial charge in [-0.3, -0.25) is 9.97 Å². The molecule has 1 spiro atoms. The average molecular weight is 724 g/mol. The summed E-state index contributed by atoms with van der Waals surface area (Å²) in [5, 5.41) is 5.94. The minimum atomic E-state index is 0.577. The summed E-state index contributed by atoms with van der Waals surface area (Å²) in [7, 11) is 0. The number of hydrogen-bond acceptors (Lipinski definition) is 2. The van der Waals surface area contributed by atoms with Crippen molar-refractivity contribution in [2.45, 2.75) is 87.9 Å². The molecule has 4 aromatic heterocycles. The zero-order valence-electron chi connectivity index (χ0n) is 31.8. The van der Waals surface area contributed by atoms with Crippen molar-refractivity contribution in [1.82, 2.24) is 14.4 Å². The second-order valence-electron chi connectivity index (χ2n) is 19.7. The van der Waals surface area contributed by atoms with Gasteiger partial charge in [-0.05, 0) is 139 Å². The van der Waals surface area contributed by atoms with Gasteiger partial charge in [0.15, 0.2) is 0 Å². The van der Waals surface area contributed by atoms with Crippen LogP contribution in [0.5, 0.6) is 0 Å². The number of fused-ring (bicyclic) bond motifs is 12. The molecule has 4 heterocycles. The van der Waals surface area contributed by atoms with Crippen molar-refractivity contribution in [3.63, 3.8) is 0 Å². The van der Waals surface area contributed by atoms with Gasteiger partial charge < -0.3 is 4.40 Å². The summed E-state index contributed by atoms with van der Waals surface area (Å²) in [5.74, 6) is 5.88. The summed E-state index contributed by atoms with van der Waals surface area (Å²) < 4.78 is 2.70. The lowest BCUT2D eigenvalue weighted by atomic mass is 9.56. The van der Waals surface area contributed by atoms with Crippen molar-refractivity contribution in [3.8, 4) is 33.4 Å². The van der Waals surface area contributed by atoms with Crippen LogP contribution in [0.1, 0.15) is 110 Å². The van der Waals surface area contributed by atoms with Gasteiger partial charge in [-0.2, -0.15) is 0 Å². The van der Waals surface area contributed by atoms with E-state index in [1.807, 2.05) is 0 Å². The third kappa shape index (κ3) is 3.52. The molecule has 5 saturated carbocycles. The van der Waals surface area contributed by atoms with Crippen LogP contribution in [0.2, 0.25) is 0 Å². The van der Waals surface area contributed by atoms with Gasteiger partial charge in [-0.25, -0.2) is 0 Å². The van der Waals surface area contributed by atoms with E-state index in [-0.39, 0.29) is 0 Å². The number of nitrogens with zero attached hydrogens (tertiary/aromatic N) is 3. The lowest BCUT2D eigenvalue weighted by molar-refractivity contribution is 0.00321. The monoisotopic (exact) mass is 723 g/mol. The normalized spacial score (nSPS) is 31.6. The highest BCUT2D eigenvalue weighted by Crippen LogP contribution is 2.76. The number of pyridine rings is 2. The van der Waals surface area contributed by atoms with Crippen LogP contribution in [-0.4, -0.2) is 14.4 Å². The van der Waals surface area contributed by atoms with Crippen molar-refractivity contribution in [2.24, 2.45) is 29.1 Å². The van der Waals surface area contributed by atoms with Gasteiger partial charge in [0.1, 0.15) is 0 Å². The first-order valence-corrected chi connectivity index (χ1v) is 22.0. The number of rotatable bonds is 3. The first kappa shape index (κ1) is 30.2. The standard InChI is InChI=1S/C53H45N3/c1-4-10-30(11-5-1)41-42(31-12-6-2-7-13-31)48-46-39(26-54-50-34-19-28-16-29(20-34)18-33(17-28)44(46)50)56-40-27-55-51-36-22-38-23-37-21-35(24-53(37,38)25-36)45(51)47(40)49(52(48)56)43(41)32-14-8-3-9-15-32/h1-15,26-29,33-38H,16-25H2. The van der Waals surface area contributed by atoms with Gasteiger partial charge in [0, 0.05) is 55.9 Å². The highest BCUT2D eigenvalue weighted by molar-refractivity contribution is 6.34. The fourth-order valence-corrected chi connectivity index (χ4v) is 15.8. The summed E-state index contributed by atoms with van der Waals surface area (Å²) >= 11 is 0. The van der Waals surface area contributed by atoms with E-state index in [1.54, 1.807) is 11.1 Å². The van der Waals surface area contributed by atoms with E-state index in [2.05, 4.69) is 108 Å². The zero-order valence-corrected chi connectivity index (χ0v) is 31.8. The maximum atomic E-state index is 5.65. The number of aromatic nitrogens is 3. The molecule has 0 saturated heterocycles. The van der Waals surface area contributed by atoms with Crippen LogP contribution in [0, 0.1) is 29.1 Å². The maximum absolute atomic E-state index is 5.65. The van der Waals surface area contributed by atoms with E-state index >= 15 is 0 Å². The molecule has 0 amide bonds. The Morgan fingerprint density at radius 1 is 0.446 bits per heavy atom. The summed E-state index contributed by atoms with van der Waals surface area (Å²) in [5.41, 5.74) is 18.8. The zero-order chi connectivity index (χ0) is 36.0. The smallest absolute Gasteiger partial charge is 0.0728 e. The quantitative estimate of drug-likeness (QED) is 0.182. The minimum Gasteiger partial charge on any atom is -0.305 e. The van der Waals surface area contributed by atoms with E-state index in [0.717, 1.165) is 23.7 Å². The van der Waals surface area contributed by atoms with Crippen molar-refractivity contribution < 1.29 is 0 Å². The summed E-state index contributed by atoms with van der Waals surface area (Å²) in [4.78, 5) is 11.3. The molecule has 7 atom stereocenters. The van der Waals surface area contributed by atoms with Crippen molar-refractivity contribution in [3.05, 3.63) is 126 Å². The van der Waals surface area contributed by atoms with E-state index in [1.165, 1.54) is 147 Å². The molecule has 0 N–H and O–H groups in total. The van der Waals surface area contributed by atoms with E-state index in [9.17, 15) is 0 Å². The van der Waals surface area contributed by atoms with Gasteiger partial charge in [0.2, 0.25) is 0 Å².